The molecule has 3 amide bonds. The van der Waals surface area contributed by atoms with Gasteiger partial charge in [0.05, 0.1) is 36.7 Å². The Morgan fingerprint density at radius 1 is 1.12 bits per heavy atom. The van der Waals surface area contributed by atoms with Gasteiger partial charge in [-0.25, -0.2) is 0 Å². The molecule has 3 unspecified atom stereocenters. The first-order valence-electron chi connectivity index (χ1n) is 14.9. The van der Waals surface area contributed by atoms with Gasteiger partial charge in [0.15, 0.2) is 0 Å². The van der Waals surface area contributed by atoms with Crippen molar-refractivity contribution in [2.45, 2.75) is 78.2 Å². The second-order valence-corrected chi connectivity index (χ2v) is 12.7. The maximum Gasteiger partial charge on any atom is 0.250 e. The third-order valence-corrected chi connectivity index (χ3v) is 9.68. The van der Waals surface area contributed by atoms with Gasteiger partial charge < -0.3 is 30.1 Å². The van der Waals surface area contributed by atoms with E-state index < -0.39 is 35.1 Å². The number of hydrogen-bond donors (Lipinski definition) is 3. The first-order valence-corrected chi connectivity index (χ1v) is 14.9. The number of nitrogens with one attached hydrogen (secondary N) is 2. The van der Waals surface area contributed by atoms with Crippen LogP contribution in [0.25, 0.3) is 0 Å². The van der Waals surface area contributed by atoms with Gasteiger partial charge in [0.25, 0.3) is 0 Å². The second kappa shape index (κ2) is 11.0. The zero-order chi connectivity index (χ0) is 30.6. The highest BCUT2D eigenvalue weighted by Gasteiger charge is 2.80. The van der Waals surface area contributed by atoms with Gasteiger partial charge in [-0.05, 0) is 87.4 Å². The van der Waals surface area contributed by atoms with E-state index in [9.17, 15) is 19.5 Å². The molecule has 0 saturated carbocycles. The molecular formula is C33H43N3O6. The number of hydrogen-bond acceptors (Lipinski definition) is 6. The molecule has 3 N–H and O–H groups in total. The predicted molar refractivity (Wildman–Crippen MR) is 160 cm³/mol. The molecule has 42 heavy (non-hydrogen) atoms. The lowest BCUT2D eigenvalue weighted by atomic mass is 9.62. The Kier molecular flexibility index (Phi) is 7.87. The van der Waals surface area contributed by atoms with Crippen molar-refractivity contribution >= 4 is 29.1 Å². The van der Waals surface area contributed by atoms with E-state index >= 15 is 0 Å². The van der Waals surface area contributed by atoms with Crippen LogP contribution in [0.1, 0.15) is 52.2 Å². The molecule has 0 radical (unpaired) electrons. The Morgan fingerprint density at radius 3 is 2.43 bits per heavy atom. The molecule has 0 aromatic heterocycles. The number of aryl methyl sites for hydroxylation is 2. The molecule has 0 aliphatic carbocycles. The molecule has 5 rings (SSSR count). The van der Waals surface area contributed by atoms with E-state index in [1.807, 2.05) is 66.7 Å². The second-order valence-electron chi connectivity index (χ2n) is 12.7. The van der Waals surface area contributed by atoms with Gasteiger partial charge in [-0.2, -0.15) is 0 Å². The van der Waals surface area contributed by atoms with Crippen molar-refractivity contribution in [3.8, 4) is 5.75 Å². The highest BCUT2D eigenvalue weighted by atomic mass is 16.5. The first kappa shape index (κ1) is 30.0. The molecule has 2 aromatic carbocycles. The molecule has 3 heterocycles. The Balaban J connectivity index is 1.55. The number of carbonyl (C=O) groups excluding carboxylic acids is 3. The molecule has 9 heteroatoms. The maximum atomic E-state index is 14.5. The van der Waals surface area contributed by atoms with Crippen LogP contribution in [0.15, 0.2) is 42.5 Å². The molecule has 2 aromatic rings. The lowest BCUT2D eigenvalue weighted by Crippen LogP contribution is -2.57. The summed E-state index contributed by atoms with van der Waals surface area (Å²) in [6, 6.07) is 11.3. The van der Waals surface area contributed by atoms with E-state index in [1.54, 1.807) is 24.3 Å². The molecule has 3 aliphatic heterocycles. The molecule has 226 valence electrons. The smallest absolute Gasteiger partial charge is 0.250 e. The minimum absolute atomic E-state index is 0.0970. The van der Waals surface area contributed by atoms with E-state index in [1.165, 1.54) is 4.90 Å². The normalized spacial score (nSPS) is 30.4. The number of likely N-dealkylation sites (tertiary alicyclic amines) is 1. The van der Waals surface area contributed by atoms with Crippen LogP contribution < -0.4 is 15.4 Å². The van der Waals surface area contributed by atoms with Gasteiger partial charge in [0.2, 0.25) is 17.7 Å². The Labute approximate surface area is 248 Å². The monoisotopic (exact) mass is 577 g/mol. The lowest BCUT2D eigenvalue weighted by Gasteiger charge is -2.38. The van der Waals surface area contributed by atoms with Crippen molar-refractivity contribution in [2.24, 2.45) is 23.7 Å². The minimum Gasteiger partial charge on any atom is -0.494 e. The van der Waals surface area contributed by atoms with Gasteiger partial charge in [0.1, 0.15) is 17.4 Å². The van der Waals surface area contributed by atoms with E-state index in [-0.39, 0.29) is 36.2 Å². The number of anilines is 2. The molecule has 7 atom stereocenters. The average molecular weight is 578 g/mol. The molecule has 3 aliphatic rings. The molecule has 2 bridgehead atoms. The summed E-state index contributed by atoms with van der Waals surface area (Å²) in [7, 11) is 0. The van der Waals surface area contributed by atoms with Crippen LogP contribution in [-0.2, 0) is 19.1 Å². The van der Waals surface area contributed by atoms with Gasteiger partial charge in [-0.15, -0.1) is 0 Å². The summed E-state index contributed by atoms with van der Waals surface area (Å²) in [4.78, 5) is 44.3. The van der Waals surface area contributed by atoms with Crippen LogP contribution >= 0.6 is 0 Å². The van der Waals surface area contributed by atoms with Crippen LogP contribution in [0.4, 0.5) is 11.4 Å². The third kappa shape index (κ3) is 4.67. The highest BCUT2D eigenvalue weighted by Crippen LogP contribution is 2.65. The van der Waals surface area contributed by atoms with Crippen molar-refractivity contribution in [1.29, 1.82) is 0 Å². The lowest BCUT2D eigenvalue weighted by molar-refractivity contribution is -0.149. The van der Waals surface area contributed by atoms with Crippen LogP contribution in [-0.4, -0.2) is 64.2 Å². The SMILES string of the molecule is CCOc1ccc(NC(=O)[C@@H]2[C@H]3C(=O)N([C@@H](CO)C(C)C)C(C(=O)Nc4cc(C)ccc4C)C34CC(C)[C@@]2(C)O4)cc1. The summed E-state index contributed by atoms with van der Waals surface area (Å²) in [6.07, 6.45) is 0.449. The summed E-state index contributed by atoms with van der Waals surface area (Å²) in [6.45, 7) is 13.7. The summed E-state index contributed by atoms with van der Waals surface area (Å²) in [5.41, 5.74) is 0.966. The van der Waals surface area contributed by atoms with Gasteiger partial charge in [0, 0.05) is 11.4 Å². The largest absolute Gasteiger partial charge is 0.494 e. The Bertz CT molecular complexity index is 1380. The van der Waals surface area contributed by atoms with E-state index in [4.69, 9.17) is 9.47 Å². The van der Waals surface area contributed by atoms with Crippen LogP contribution in [0.5, 0.6) is 5.75 Å². The zero-order valence-corrected chi connectivity index (χ0v) is 25.6. The van der Waals surface area contributed by atoms with Crippen LogP contribution in [0.3, 0.4) is 0 Å². The number of carbonyl (C=O) groups is 3. The predicted octanol–water partition coefficient (Wildman–Crippen LogP) is 4.31. The summed E-state index contributed by atoms with van der Waals surface area (Å²) in [5.74, 6) is -2.26. The molecule has 1 spiro atoms. The molecule has 9 nitrogen and oxygen atoms in total. The molecular weight excluding hydrogens is 534 g/mol. The van der Waals surface area contributed by atoms with Crippen molar-refractivity contribution < 1.29 is 29.0 Å². The van der Waals surface area contributed by atoms with E-state index in [0.717, 1.165) is 11.1 Å². The number of rotatable bonds is 9. The number of ether oxygens (including phenoxy) is 2. The van der Waals surface area contributed by atoms with Crippen LogP contribution in [0, 0.1) is 37.5 Å². The van der Waals surface area contributed by atoms with Gasteiger partial charge in [-0.1, -0.05) is 32.9 Å². The quantitative estimate of drug-likeness (QED) is 0.409. The van der Waals surface area contributed by atoms with Crippen molar-refractivity contribution in [3.63, 3.8) is 0 Å². The maximum absolute atomic E-state index is 14.5. The topological polar surface area (TPSA) is 117 Å². The molecule has 3 fully saturated rings. The number of fused-ring (bicyclic) bond motifs is 1. The first-order chi connectivity index (χ1) is 19.9. The van der Waals surface area contributed by atoms with Gasteiger partial charge >= 0.3 is 0 Å². The fraction of sp³-hybridized carbons (Fsp3) is 0.545. The molecule has 3 saturated heterocycles. The fourth-order valence-electron chi connectivity index (χ4n) is 7.45. The van der Waals surface area contributed by atoms with E-state index in [2.05, 4.69) is 10.6 Å². The number of nitrogens with zero attached hydrogens (tertiary/aromatic N) is 1. The third-order valence-electron chi connectivity index (χ3n) is 9.68. The summed E-state index contributed by atoms with van der Waals surface area (Å²) in [5, 5.41) is 16.5. The Hall–Kier alpha value is -3.43. The van der Waals surface area contributed by atoms with Crippen molar-refractivity contribution in [1.82, 2.24) is 4.90 Å². The van der Waals surface area contributed by atoms with Crippen molar-refractivity contribution in [2.75, 3.05) is 23.8 Å². The number of aliphatic hydroxyl groups is 1. The Morgan fingerprint density at radius 2 is 1.81 bits per heavy atom. The standard InChI is InChI=1S/C33H43N3O6/c1-8-41-23-13-11-22(12-14-23)34-29(38)26-27-31(40)36(25(17-37)18(2)3)28(33(27)16-21(6)32(26,7)42-33)30(39)35-24-15-19(4)9-10-20(24)5/h9-15,18,21,25-28,37H,8,16-17H2,1-7H3,(H,34,38)(H,35,39)/t21?,25-,26-,27-,28?,32+,33?/m0/s1. The number of amides is 3. The minimum atomic E-state index is -1.21. The number of aliphatic hydroxyl groups excluding tert-OH is 1. The fourth-order valence-corrected chi connectivity index (χ4v) is 7.45. The summed E-state index contributed by atoms with van der Waals surface area (Å²) < 4.78 is 12.3. The van der Waals surface area contributed by atoms with Crippen molar-refractivity contribution in [3.05, 3.63) is 53.6 Å². The van der Waals surface area contributed by atoms with E-state index in [0.29, 0.717) is 30.2 Å². The summed E-state index contributed by atoms with van der Waals surface area (Å²) >= 11 is 0. The average Bonchev–Trinajstić information content (AvgIpc) is 3.44. The zero-order valence-electron chi connectivity index (χ0n) is 25.6. The highest BCUT2D eigenvalue weighted by molar-refractivity contribution is 6.05. The van der Waals surface area contributed by atoms with Crippen LogP contribution in [0.2, 0.25) is 0 Å². The number of benzene rings is 2. The van der Waals surface area contributed by atoms with Gasteiger partial charge in [-0.3, -0.25) is 14.4 Å².